The van der Waals surface area contributed by atoms with Crippen LogP contribution < -0.4 is 5.73 Å². The Hall–Kier alpha value is -0.820. The highest BCUT2D eigenvalue weighted by atomic mass is 14.7. The molecule has 0 aromatic heterocycles. The molecule has 2 fully saturated rings. The molecule has 1 aromatic rings. The molecule has 4 atom stereocenters. The smallest absolute Gasteiger partial charge is 0.0326 e. The van der Waals surface area contributed by atoms with Gasteiger partial charge in [-0.05, 0) is 55.1 Å². The zero-order valence-corrected chi connectivity index (χ0v) is 12.1. The molecule has 0 amide bonds. The number of fused-ring (bicyclic) bond motifs is 1. The van der Waals surface area contributed by atoms with E-state index in [0.717, 1.165) is 11.8 Å². The van der Waals surface area contributed by atoms with E-state index in [1.54, 1.807) is 0 Å². The fourth-order valence-electron chi connectivity index (χ4n) is 4.45. The summed E-state index contributed by atoms with van der Waals surface area (Å²) in [6.07, 6.45) is 10.0. The van der Waals surface area contributed by atoms with E-state index in [9.17, 15) is 0 Å². The minimum Gasteiger partial charge on any atom is -0.324 e. The van der Waals surface area contributed by atoms with E-state index in [1.807, 2.05) is 0 Å². The maximum Gasteiger partial charge on any atom is 0.0326 e. The van der Waals surface area contributed by atoms with Crippen molar-refractivity contribution in [3.63, 3.8) is 0 Å². The molecule has 2 aliphatic carbocycles. The van der Waals surface area contributed by atoms with E-state index < -0.39 is 0 Å². The fraction of sp³-hybridized carbons (Fsp3) is 0.667. The molecule has 4 unspecified atom stereocenters. The van der Waals surface area contributed by atoms with Gasteiger partial charge in [-0.15, -0.1) is 0 Å². The van der Waals surface area contributed by atoms with Crippen molar-refractivity contribution in [3.8, 4) is 0 Å². The summed E-state index contributed by atoms with van der Waals surface area (Å²) in [4.78, 5) is 0. The van der Waals surface area contributed by atoms with Crippen LogP contribution in [0.5, 0.6) is 0 Å². The second-order valence-electron chi connectivity index (χ2n) is 6.76. The predicted molar refractivity (Wildman–Crippen MR) is 80.9 cm³/mol. The first-order valence-corrected chi connectivity index (χ1v) is 8.07. The van der Waals surface area contributed by atoms with Crippen LogP contribution in [0.1, 0.15) is 62.1 Å². The molecule has 0 saturated heterocycles. The molecule has 0 spiro atoms. The van der Waals surface area contributed by atoms with E-state index in [2.05, 4.69) is 31.2 Å². The molecular weight excluding hydrogens is 230 g/mol. The van der Waals surface area contributed by atoms with Crippen LogP contribution in [0.4, 0.5) is 0 Å². The largest absolute Gasteiger partial charge is 0.324 e. The predicted octanol–water partition coefficient (Wildman–Crippen LogP) is 4.60. The summed E-state index contributed by atoms with van der Waals surface area (Å²) in [5, 5.41) is 0. The third-order valence-corrected chi connectivity index (χ3v) is 5.64. The monoisotopic (exact) mass is 257 g/mol. The molecule has 2 N–H and O–H groups in total. The van der Waals surface area contributed by atoms with Crippen LogP contribution in [0.15, 0.2) is 24.3 Å². The Balaban J connectivity index is 1.71. The summed E-state index contributed by atoms with van der Waals surface area (Å²) in [7, 11) is 0. The Morgan fingerprint density at radius 2 is 1.74 bits per heavy atom. The second-order valence-corrected chi connectivity index (χ2v) is 6.76. The van der Waals surface area contributed by atoms with Crippen molar-refractivity contribution in [3.05, 3.63) is 35.4 Å². The summed E-state index contributed by atoms with van der Waals surface area (Å²) < 4.78 is 0. The van der Waals surface area contributed by atoms with E-state index in [-0.39, 0.29) is 6.04 Å². The van der Waals surface area contributed by atoms with Gasteiger partial charge in [0.05, 0.1) is 0 Å². The minimum atomic E-state index is 0.254. The van der Waals surface area contributed by atoms with Crippen molar-refractivity contribution in [2.45, 2.75) is 57.9 Å². The van der Waals surface area contributed by atoms with E-state index in [0.29, 0.717) is 5.92 Å². The molecule has 1 aromatic carbocycles. The molecular formula is C18H27N. The fourth-order valence-corrected chi connectivity index (χ4v) is 4.45. The Morgan fingerprint density at radius 1 is 1.00 bits per heavy atom. The minimum absolute atomic E-state index is 0.254. The van der Waals surface area contributed by atoms with Crippen molar-refractivity contribution < 1.29 is 0 Å². The molecule has 19 heavy (non-hydrogen) atoms. The summed E-state index contributed by atoms with van der Waals surface area (Å²) in [6.45, 7) is 2.20. The number of rotatable bonds is 2. The topological polar surface area (TPSA) is 26.0 Å². The molecule has 1 heteroatoms. The lowest BCUT2D eigenvalue weighted by molar-refractivity contribution is 0.117. The first-order valence-electron chi connectivity index (χ1n) is 8.07. The van der Waals surface area contributed by atoms with Gasteiger partial charge in [-0.3, -0.25) is 0 Å². The van der Waals surface area contributed by atoms with Gasteiger partial charge >= 0.3 is 0 Å². The highest BCUT2D eigenvalue weighted by Crippen LogP contribution is 2.45. The van der Waals surface area contributed by atoms with Crippen molar-refractivity contribution in [1.29, 1.82) is 0 Å². The van der Waals surface area contributed by atoms with E-state index in [4.69, 9.17) is 5.73 Å². The Bertz CT molecular complexity index is 425. The molecule has 1 nitrogen and oxygen atoms in total. The lowest BCUT2D eigenvalue weighted by atomic mass is 9.65. The quantitative estimate of drug-likeness (QED) is 0.823. The van der Waals surface area contributed by atoms with E-state index in [1.165, 1.54) is 56.1 Å². The average Bonchev–Trinajstić information content (AvgIpc) is 2.46. The summed E-state index contributed by atoms with van der Waals surface area (Å²) in [5.41, 5.74) is 9.33. The SMILES string of the molecule is Cc1ccccc1C(N)C1CCC2CCCCC2C1. The average molecular weight is 257 g/mol. The molecule has 3 rings (SSSR count). The van der Waals surface area contributed by atoms with Gasteiger partial charge in [0.15, 0.2) is 0 Å². The Morgan fingerprint density at radius 3 is 2.53 bits per heavy atom. The van der Waals surface area contributed by atoms with Gasteiger partial charge in [-0.25, -0.2) is 0 Å². The van der Waals surface area contributed by atoms with Gasteiger partial charge in [-0.1, -0.05) is 49.9 Å². The molecule has 2 aliphatic rings. The van der Waals surface area contributed by atoms with Gasteiger partial charge in [0.2, 0.25) is 0 Å². The van der Waals surface area contributed by atoms with Crippen LogP contribution in [0.25, 0.3) is 0 Å². The van der Waals surface area contributed by atoms with Gasteiger partial charge in [0.25, 0.3) is 0 Å². The van der Waals surface area contributed by atoms with Crippen LogP contribution in [-0.4, -0.2) is 0 Å². The Labute approximate surface area is 117 Å². The molecule has 0 aliphatic heterocycles. The van der Waals surface area contributed by atoms with Crippen LogP contribution in [-0.2, 0) is 0 Å². The number of hydrogen-bond acceptors (Lipinski definition) is 1. The van der Waals surface area contributed by atoms with Crippen LogP contribution in [0, 0.1) is 24.7 Å². The van der Waals surface area contributed by atoms with Crippen molar-refractivity contribution >= 4 is 0 Å². The number of hydrogen-bond donors (Lipinski definition) is 1. The summed E-state index contributed by atoms with van der Waals surface area (Å²) >= 11 is 0. The standard InChI is InChI=1S/C18H27N/c1-13-6-2-5-9-17(13)18(19)16-11-10-14-7-3-4-8-15(14)12-16/h2,5-6,9,14-16,18H,3-4,7-8,10-12,19H2,1H3. The number of aryl methyl sites for hydroxylation is 1. The second kappa shape index (κ2) is 5.66. The normalized spacial score (nSPS) is 32.6. The maximum atomic E-state index is 6.59. The lowest BCUT2D eigenvalue weighted by Crippen LogP contribution is -2.33. The molecule has 2 saturated carbocycles. The van der Waals surface area contributed by atoms with Crippen LogP contribution >= 0.6 is 0 Å². The van der Waals surface area contributed by atoms with Crippen LogP contribution in [0.3, 0.4) is 0 Å². The third-order valence-electron chi connectivity index (χ3n) is 5.64. The summed E-state index contributed by atoms with van der Waals surface area (Å²) in [5.74, 6) is 2.71. The van der Waals surface area contributed by atoms with Gasteiger partial charge in [0.1, 0.15) is 0 Å². The Kier molecular flexibility index (Phi) is 3.93. The van der Waals surface area contributed by atoms with Crippen LogP contribution in [0.2, 0.25) is 0 Å². The first-order chi connectivity index (χ1) is 9.25. The van der Waals surface area contributed by atoms with Crippen molar-refractivity contribution in [1.82, 2.24) is 0 Å². The highest BCUT2D eigenvalue weighted by molar-refractivity contribution is 5.29. The van der Waals surface area contributed by atoms with E-state index >= 15 is 0 Å². The highest BCUT2D eigenvalue weighted by Gasteiger charge is 2.34. The van der Waals surface area contributed by atoms with Gasteiger partial charge in [0, 0.05) is 6.04 Å². The lowest BCUT2D eigenvalue weighted by Gasteiger charge is -2.41. The van der Waals surface area contributed by atoms with Crippen molar-refractivity contribution in [2.75, 3.05) is 0 Å². The molecule has 0 heterocycles. The number of nitrogens with two attached hydrogens (primary N) is 1. The zero-order chi connectivity index (χ0) is 13.2. The third kappa shape index (κ3) is 2.72. The molecule has 104 valence electrons. The molecule has 0 bridgehead atoms. The first kappa shape index (κ1) is 13.2. The number of benzene rings is 1. The molecule has 0 radical (unpaired) electrons. The van der Waals surface area contributed by atoms with Gasteiger partial charge in [-0.2, -0.15) is 0 Å². The maximum absolute atomic E-state index is 6.59. The van der Waals surface area contributed by atoms with Crippen molar-refractivity contribution in [2.24, 2.45) is 23.5 Å². The van der Waals surface area contributed by atoms with Gasteiger partial charge < -0.3 is 5.73 Å². The zero-order valence-electron chi connectivity index (χ0n) is 12.1. The summed E-state index contributed by atoms with van der Waals surface area (Å²) in [6, 6.07) is 8.93.